The molecule has 0 radical (unpaired) electrons. The molecule has 0 saturated carbocycles. The van der Waals surface area contributed by atoms with Crippen LogP contribution in [0.4, 0.5) is 5.69 Å². The van der Waals surface area contributed by atoms with Gasteiger partial charge in [0.25, 0.3) is 0 Å². The summed E-state index contributed by atoms with van der Waals surface area (Å²) >= 11 is 0. The van der Waals surface area contributed by atoms with Crippen LogP contribution in [-0.2, 0) is 6.54 Å². The van der Waals surface area contributed by atoms with Gasteiger partial charge in [0.2, 0.25) is 0 Å². The first kappa shape index (κ1) is 7.86. The second-order valence-electron chi connectivity index (χ2n) is 2.83. The Labute approximate surface area is 76.8 Å². The summed E-state index contributed by atoms with van der Waals surface area (Å²) in [5.41, 5.74) is 2.28. The Hall–Kier alpha value is -1.77. The van der Waals surface area contributed by atoms with E-state index in [9.17, 15) is 0 Å². The SMILES string of the molecule is c1ccc(NCc2cn[nH]c2)cc1. The molecule has 13 heavy (non-hydrogen) atoms. The number of rotatable bonds is 3. The largest absolute Gasteiger partial charge is 0.381 e. The van der Waals surface area contributed by atoms with Crippen molar-refractivity contribution in [3.63, 3.8) is 0 Å². The van der Waals surface area contributed by atoms with E-state index in [1.807, 2.05) is 42.7 Å². The van der Waals surface area contributed by atoms with E-state index in [1.165, 1.54) is 0 Å². The van der Waals surface area contributed by atoms with Gasteiger partial charge in [0.05, 0.1) is 6.20 Å². The van der Waals surface area contributed by atoms with E-state index in [2.05, 4.69) is 15.5 Å². The minimum atomic E-state index is 0.806. The van der Waals surface area contributed by atoms with Crippen LogP contribution in [0.15, 0.2) is 42.7 Å². The second-order valence-corrected chi connectivity index (χ2v) is 2.83. The van der Waals surface area contributed by atoms with Gasteiger partial charge in [-0.3, -0.25) is 5.10 Å². The van der Waals surface area contributed by atoms with Crippen LogP contribution in [0.5, 0.6) is 0 Å². The third kappa shape index (κ3) is 2.08. The van der Waals surface area contributed by atoms with Crippen LogP contribution in [0.25, 0.3) is 0 Å². The predicted molar refractivity (Wildman–Crippen MR) is 52.4 cm³/mol. The summed E-state index contributed by atoms with van der Waals surface area (Å²) in [5.74, 6) is 0. The monoisotopic (exact) mass is 173 g/mol. The third-order valence-electron chi connectivity index (χ3n) is 1.83. The number of hydrogen-bond donors (Lipinski definition) is 2. The minimum Gasteiger partial charge on any atom is -0.381 e. The van der Waals surface area contributed by atoms with Gasteiger partial charge in [0, 0.05) is 24.0 Å². The van der Waals surface area contributed by atoms with Crippen molar-refractivity contribution in [2.75, 3.05) is 5.32 Å². The lowest BCUT2D eigenvalue weighted by Gasteiger charge is -2.02. The maximum atomic E-state index is 3.87. The lowest BCUT2D eigenvalue weighted by molar-refractivity contribution is 1.09. The first-order valence-corrected chi connectivity index (χ1v) is 4.22. The van der Waals surface area contributed by atoms with E-state index < -0.39 is 0 Å². The molecule has 1 heterocycles. The number of hydrogen-bond acceptors (Lipinski definition) is 2. The summed E-state index contributed by atoms with van der Waals surface area (Å²) < 4.78 is 0. The molecule has 2 rings (SSSR count). The maximum absolute atomic E-state index is 3.87. The molecule has 0 unspecified atom stereocenters. The molecule has 2 aromatic rings. The molecule has 66 valence electrons. The smallest absolute Gasteiger partial charge is 0.0537 e. The van der Waals surface area contributed by atoms with Gasteiger partial charge < -0.3 is 5.32 Å². The molecule has 0 amide bonds. The lowest BCUT2D eigenvalue weighted by Crippen LogP contribution is -1.97. The topological polar surface area (TPSA) is 40.7 Å². The van der Waals surface area contributed by atoms with E-state index in [0.717, 1.165) is 17.8 Å². The average molecular weight is 173 g/mol. The number of para-hydroxylation sites is 1. The molecule has 0 aliphatic carbocycles. The van der Waals surface area contributed by atoms with Crippen molar-refractivity contribution >= 4 is 5.69 Å². The highest BCUT2D eigenvalue weighted by atomic mass is 15.1. The normalized spacial score (nSPS) is 9.85. The van der Waals surface area contributed by atoms with Crippen LogP contribution < -0.4 is 5.32 Å². The van der Waals surface area contributed by atoms with Crippen molar-refractivity contribution in [2.24, 2.45) is 0 Å². The highest BCUT2D eigenvalue weighted by Crippen LogP contribution is 2.06. The summed E-state index contributed by atoms with van der Waals surface area (Å²) in [4.78, 5) is 0. The number of nitrogens with zero attached hydrogens (tertiary/aromatic N) is 1. The van der Waals surface area contributed by atoms with Crippen LogP contribution in [0, 0.1) is 0 Å². The number of aromatic nitrogens is 2. The predicted octanol–water partition coefficient (Wildman–Crippen LogP) is 2.02. The molecule has 1 aromatic carbocycles. The van der Waals surface area contributed by atoms with Gasteiger partial charge in [-0.1, -0.05) is 18.2 Å². The number of anilines is 1. The fourth-order valence-electron chi connectivity index (χ4n) is 1.13. The van der Waals surface area contributed by atoms with E-state index in [4.69, 9.17) is 0 Å². The summed E-state index contributed by atoms with van der Waals surface area (Å²) in [6.07, 6.45) is 3.70. The molecule has 0 saturated heterocycles. The Balaban J connectivity index is 1.94. The zero-order chi connectivity index (χ0) is 8.93. The standard InChI is InChI=1S/C10H11N3/c1-2-4-10(5-3-1)11-6-9-7-12-13-8-9/h1-5,7-8,11H,6H2,(H,12,13). The van der Waals surface area contributed by atoms with Crippen LogP contribution in [0.2, 0.25) is 0 Å². The second kappa shape index (κ2) is 3.76. The fraction of sp³-hybridized carbons (Fsp3) is 0.100. The Morgan fingerprint density at radius 1 is 1.23 bits per heavy atom. The zero-order valence-corrected chi connectivity index (χ0v) is 7.20. The van der Waals surface area contributed by atoms with Crippen LogP contribution in [0.1, 0.15) is 5.56 Å². The molecule has 0 spiro atoms. The zero-order valence-electron chi connectivity index (χ0n) is 7.20. The summed E-state index contributed by atoms with van der Waals surface area (Å²) in [6.45, 7) is 0.806. The molecule has 1 aromatic heterocycles. The summed E-state index contributed by atoms with van der Waals surface area (Å²) in [7, 11) is 0. The molecule has 2 N–H and O–H groups in total. The van der Waals surface area contributed by atoms with Crippen molar-refractivity contribution in [1.29, 1.82) is 0 Å². The van der Waals surface area contributed by atoms with Gasteiger partial charge in [-0.05, 0) is 12.1 Å². The molecule has 0 aliphatic heterocycles. The number of H-pyrrole nitrogens is 1. The summed E-state index contributed by atoms with van der Waals surface area (Å²) in [5, 5.41) is 9.93. The first-order valence-electron chi connectivity index (χ1n) is 4.22. The molecule has 3 heteroatoms. The lowest BCUT2D eigenvalue weighted by atomic mass is 10.3. The molecule has 0 fully saturated rings. The molecule has 0 atom stereocenters. The van der Waals surface area contributed by atoms with E-state index in [0.29, 0.717) is 0 Å². The highest BCUT2D eigenvalue weighted by Gasteiger charge is 1.92. The molecule has 0 aliphatic rings. The van der Waals surface area contributed by atoms with Crippen LogP contribution in [0.3, 0.4) is 0 Å². The van der Waals surface area contributed by atoms with Crippen LogP contribution in [-0.4, -0.2) is 10.2 Å². The van der Waals surface area contributed by atoms with E-state index >= 15 is 0 Å². The number of nitrogens with one attached hydrogen (secondary N) is 2. The van der Waals surface area contributed by atoms with Gasteiger partial charge in [-0.25, -0.2) is 0 Å². The molecule has 3 nitrogen and oxygen atoms in total. The van der Waals surface area contributed by atoms with Gasteiger partial charge in [0.15, 0.2) is 0 Å². The number of aromatic amines is 1. The maximum Gasteiger partial charge on any atom is 0.0537 e. The van der Waals surface area contributed by atoms with E-state index in [-0.39, 0.29) is 0 Å². The summed E-state index contributed by atoms with van der Waals surface area (Å²) in [6, 6.07) is 10.1. The van der Waals surface area contributed by atoms with Gasteiger partial charge in [-0.2, -0.15) is 5.10 Å². The first-order chi connectivity index (χ1) is 6.45. The Morgan fingerprint density at radius 2 is 2.08 bits per heavy atom. The van der Waals surface area contributed by atoms with Crippen molar-refractivity contribution in [3.8, 4) is 0 Å². The van der Waals surface area contributed by atoms with Crippen molar-refractivity contribution in [1.82, 2.24) is 10.2 Å². The fourth-order valence-corrected chi connectivity index (χ4v) is 1.13. The quantitative estimate of drug-likeness (QED) is 0.745. The van der Waals surface area contributed by atoms with Gasteiger partial charge in [-0.15, -0.1) is 0 Å². The Kier molecular flexibility index (Phi) is 2.27. The number of benzene rings is 1. The van der Waals surface area contributed by atoms with Crippen LogP contribution >= 0.6 is 0 Å². The minimum absolute atomic E-state index is 0.806. The molecular weight excluding hydrogens is 162 g/mol. The van der Waals surface area contributed by atoms with Gasteiger partial charge in [0.1, 0.15) is 0 Å². The van der Waals surface area contributed by atoms with Crippen molar-refractivity contribution in [3.05, 3.63) is 48.3 Å². The third-order valence-corrected chi connectivity index (χ3v) is 1.83. The van der Waals surface area contributed by atoms with Gasteiger partial charge >= 0.3 is 0 Å². The molecule has 0 bridgehead atoms. The highest BCUT2D eigenvalue weighted by molar-refractivity contribution is 5.42. The van der Waals surface area contributed by atoms with Crippen molar-refractivity contribution in [2.45, 2.75) is 6.54 Å². The van der Waals surface area contributed by atoms with Crippen molar-refractivity contribution < 1.29 is 0 Å². The average Bonchev–Trinajstić information content (AvgIpc) is 2.69. The Bertz CT molecular complexity index is 340. The Morgan fingerprint density at radius 3 is 2.77 bits per heavy atom. The van der Waals surface area contributed by atoms with E-state index in [1.54, 1.807) is 0 Å². The molecular formula is C10H11N3.